The molecule has 3 N–H and O–H groups in total. The van der Waals surface area contributed by atoms with Gasteiger partial charge in [0.05, 0.1) is 0 Å². The molecule has 2 aromatic rings. The van der Waals surface area contributed by atoms with Gasteiger partial charge in [0.15, 0.2) is 6.61 Å². The van der Waals surface area contributed by atoms with Crippen molar-refractivity contribution in [3.63, 3.8) is 0 Å². The number of nitrogens with one attached hydrogen (secondary N) is 3. The highest BCUT2D eigenvalue weighted by Gasteiger charge is 2.51. The van der Waals surface area contributed by atoms with Crippen LogP contribution in [0.5, 0.6) is 5.75 Å². The number of nitrogens with zero attached hydrogens (tertiary/aromatic N) is 1. The topological polar surface area (TPSA) is 65.6 Å². The lowest BCUT2D eigenvalue weighted by atomic mass is 9.53. The van der Waals surface area contributed by atoms with E-state index >= 15 is 0 Å². The Morgan fingerprint density at radius 3 is 2.16 bits per heavy atom. The number of benzene rings is 2. The van der Waals surface area contributed by atoms with Crippen molar-refractivity contribution < 1.29 is 9.53 Å². The van der Waals surface area contributed by atoms with Gasteiger partial charge in [0.25, 0.3) is 5.91 Å². The van der Waals surface area contributed by atoms with Gasteiger partial charge >= 0.3 is 0 Å². The molecule has 4 fully saturated rings. The number of hydrogen-bond acceptors (Lipinski definition) is 5. The third kappa shape index (κ3) is 6.85. The molecule has 0 unspecified atom stereocenters. The van der Waals surface area contributed by atoms with E-state index in [2.05, 4.69) is 71.3 Å². The van der Waals surface area contributed by atoms with Crippen LogP contribution < -0.4 is 25.6 Å². The molecule has 0 spiro atoms. The molecular formula is C31H44N4O2. The molecule has 4 saturated carbocycles. The van der Waals surface area contributed by atoms with Crippen LogP contribution in [0.3, 0.4) is 0 Å². The Bertz CT molecular complexity index is 1000. The number of amides is 1. The maximum Gasteiger partial charge on any atom is 0.258 e. The Morgan fingerprint density at radius 1 is 0.892 bits per heavy atom. The molecular weight excluding hydrogens is 460 g/mol. The molecule has 0 radical (unpaired) electrons. The second kappa shape index (κ2) is 11.9. The molecule has 6 rings (SSSR count). The molecule has 2 aromatic carbocycles. The lowest BCUT2D eigenvalue weighted by Crippen LogP contribution is -2.60. The number of ether oxygens (including phenoxy) is 1. The molecule has 0 aliphatic heterocycles. The number of carbonyl (C=O) groups is 1. The molecule has 4 bridgehead atoms. The summed E-state index contributed by atoms with van der Waals surface area (Å²) in [4.78, 5) is 14.9. The van der Waals surface area contributed by atoms with Crippen LogP contribution in [0.1, 0.15) is 56.1 Å². The van der Waals surface area contributed by atoms with E-state index in [0.29, 0.717) is 0 Å². The molecule has 37 heavy (non-hydrogen) atoms. The number of rotatable bonds is 13. The van der Waals surface area contributed by atoms with Crippen LogP contribution in [-0.2, 0) is 17.9 Å². The van der Waals surface area contributed by atoms with E-state index in [1.165, 1.54) is 55.3 Å². The van der Waals surface area contributed by atoms with Gasteiger partial charge in [-0.25, -0.2) is 0 Å². The quantitative estimate of drug-likeness (QED) is 0.351. The smallest absolute Gasteiger partial charge is 0.258 e. The van der Waals surface area contributed by atoms with Crippen molar-refractivity contribution in [2.75, 3.05) is 38.7 Å². The average molecular weight is 505 g/mol. The van der Waals surface area contributed by atoms with Gasteiger partial charge in [-0.2, -0.15) is 0 Å². The monoisotopic (exact) mass is 504 g/mol. The first-order valence-corrected chi connectivity index (χ1v) is 14.2. The van der Waals surface area contributed by atoms with E-state index in [1.807, 2.05) is 12.1 Å². The maximum absolute atomic E-state index is 12.7. The predicted molar refractivity (Wildman–Crippen MR) is 150 cm³/mol. The Kier molecular flexibility index (Phi) is 8.36. The Morgan fingerprint density at radius 2 is 1.51 bits per heavy atom. The first kappa shape index (κ1) is 26.1. The molecule has 200 valence electrons. The first-order valence-electron chi connectivity index (χ1n) is 14.2. The number of para-hydroxylation sites is 1. The molecule has 4 aliphatic carbocycles. The zero-order valence-corrected chi connectivity index (χ0v) is 22.6. The van der Waals surface area contributed by atoms with Gasteiger partial charge in [-0.05, 0) is 105 Å². The second-order valence-electron chi connectivity index (χ2n) is 11.9. The van der Waals surface area contributed by atoms with Crippen LogP contribution >= 0.6 is 0 Å². The van der Waals surface area contributed by atoms with Gasteiger partial charge in [0, 0.05) is 38.4 Å². The van der Waals surface area contributed by atoms with Crippen molar-refractivity contribution in [3.05, 3.63) is 59.7 Å². The highest BCUT2D eigenvalue weighted by molar-refractivity contribution is 5.78. The van der Waals surface area contributed by atoms with Crippen molar-refractivity contribution in [1.29, 1.82) is 0 Å². The molecule has 0 saturated heterocycles. The van der Waals surface area contributed by atoms with Crippen LogP contribution in [0.25, 0.3) is 0 Å². The summed E-state index contributed by atoms with van der Waals surface area (Å²) in [5.41, 5.74) is 3.87. The zero-order valence-electron chi connectivity index (χ0n) is 22.6. The molecule has 6 heteroatoms. The molecule has 0 atom stereocenters. The standard InChI is InChI=1S/C31H44N4O2/c1-35(2)29-7-4-3-6-27(29)21-33-13-5-12-32-20-23-8-10-28(11-9-23)37-22-30(36)34-31-17-24-14-25(18-31)16-26(15-24)19-31/h3-4,6-11,24-26,32-33H,5,12-22H2,1-2H3,(H,34,36). The van der Waals surface area contributed by atoms with Crippen molar-refractivity contribution in [1.82, 2.24) is 16.0 Å². The molecule has 0 aromatic heterocycles. The van der Waals surface area contributed by atoms with Crippen molar-refractivity contribution in [2.45, 2.75) is 63.6 Å². The summed E-state index contributed by atoms with van der Waals surface area (Å²) in [6.07, 6.45) is 8.75. The summed E-state index contributed by atoms with van der Waals surface area (Å²) in [5.74, 6) is 3.28. The van der Waals surface area contributed by atoms with Gasteiger partial charge in [-0.1, -0.05) is 30.3 Å². The van der Waals surface area contributed by atoms with Gasteiger partial charge in [-0.3, -0.25) is 4.79 Å². The summed E-state index contributed by atoms with van der Waals surface area (Å²) in [6.45, 7) is 3.76. The average Bonchev–Trinajstić information content (AvgIpc) is 2.86. The van der Waals surface area contributed by atoms with Crippen LogP contribution in [0.4, 0.5) is 5.69 Å². The van der Waals surface area contributed by atoms with E-state index in [4.69, 9.17) is 4.74 Å². The highest BCUT2D eigenvalue weighted by atomic mass is 16.5. The molecule has 6 nitrogen and oxygen atoms in total. The van der Waals surface area contributed by atoms with Crippen molar-refractivity contribution in [2.24, 2.45) is 17.8 Å². The third-order valence-electron chi connectivity index (χ3n) is 8.56. The summed E-state index contributed by atoms with van der Waals surface area (Å²) in [5, 5.41) is 10.5. The minimum atomic E-state index is 0.0338. The number of carbonyl (C=O) groups excluding carboxylic acids is 1. The van der Waals surface area contributed by atoms with E-state index in [0.717, 1.165) is 56.1 Å². The molecule has 1 amide bonds. The fourth-order valence-electron chi connectivity index (χ4n) is 7.34. The van der Waals surface area contributed by atoms with Gasteiger partial charge < -0.3 is 25.6 Å². The number of hydrogen-bond donors (Lipinski definition) is 3. The van der Waals surface area contributed by atoms with E-state index in [1.54, 1.807) is 0 Å². The summed E-state index contributed by atoms with van der Waals surface area (Å²) < 4.78 is 5.82. The lowest BCUT2D eigenvalue weighted by molar-refractivity contribution is -0.128. The van der Waals surface area contributed by atoms with Crippen LogP contribution in [0.2, 0.25) is 0 Å². The summed E-state index contributed by atoms with van der Waals surface area (Å²) in [6, 6.07) is 16.6. The van der Waals surface area contributed by atoms with E-state index in [-0.39, 0.29) is 18.1 Å². The van der Waals surface area contributed by atoms with Gasteiger partial charge in [0.1, 0.15) is 5.75 Å². The van der Waals surface area contributed by atoms with Gasteiger partial charge in [-0.15, -0.1) is 0 Å². The largest absolute Gasteiger partial charge is 0.484 e. The minimum Gasteiger partial charge on any atom is -0.484 e. The van der Waals surface area contributed by atoms with Crippen LogP contribution in [-0.4, -0.2) is 45.2 Å². The molecule has 4 aliphatic rings. The second-order valence-corrected chi connectivity index (χ2v) is 11.9. The highest BCUT2D eigenvalue weighted by Crippen LogP contribution is 2.55. The Balaban J connectivity index is 0.955. The van der Waals surface area contributed by atoms with Crippen molar-refractivity contribution in [3.8, 4) is 5.75 Å². The third-order valence-corrected chi connectivity index (χ3v) is 8.56. The van der Waals surface area contributed by atoms with Crippen LogP contribution in [0, 0.1) is 17.8 Å². The van der Waals surface area contributed by atoms with E-state index in [9.17, 15) is 4.79 Å². The SMILES string of the molecule is CN(C)c1ccccc1CNCCCNCc1ccc(OCC(=O)NC23CC4CC(CC(C4)C2)C3)cc1. The maximum atomic E-state index is 12.7. The van der Waals surface area contributed by atoms with Gasteiger partial charge in [0.2, 0.25) is 0 Å². The van der Waals surface area contributed by atoms with E-state index < -0.39 is 0 Å². The lowest BCUT2D eigenvalue weighted by Gasteiger charge is -2.56. The predicted octanol–water partition coefficient (Wildman–Crippen LogP) is 4.49. The fourth-order valence-corrected chi connectivity index (χ4v) is 7.34. The first-order chi connectivity index (χ1) is 18.0. The Hall–Kier alpha value is -2.57. The summed E-state index contributed by atoms with van der Waals surface area (Å²) in [7, 11) is 4.17. The van der Waals surface area contributed by atoms with Crippen molar-refractivity contribution >= 4 is 11.6 Å². The fraction of sp³-hybridized carbons (Fsp3) is 0.581. The molecule has 0 heterocycles. The minimum absolute atomic E-state index is 0.0338. The van der Waals surface area contributed by atoms with Crippen LogP contribution in [0.15, 0.2) is 48.5 Å². The zero-order chi connectivity index (χ0) is 25.7. The normalized spacial score (nSPS) is 25.7. The Labute approximate surface area is 222 Å². The summed E-state index contributed by atoms with van der Waals surface area (Å²) >= 11 is 0. The number of anilines is 1.